The number of methoxy groups -OCH3 is 1. The zero-order valence-electron chi connectivity index (χ0n) is 19.7. The predicted octanol–water partition coefficient (Wildman–Crippen LogP) is 3.93. The molecule has 1 aliphatic heterocycles. The molecule has 5 rings (SSSR count). The monoisotopic (exact) mass is 514 g/mol. The highest BCUT2D eigenvalue weighted by Crippen LogP contribution is 2.27. The number of fused-ring (bicyclic) bond motifs is 1. The Morgan fingerprint density at radius 3 is 2.54 bits per heavy atom. The van der Waals surface area contributed by atoms with E-state index >= 15 is 0 Å². The van der Waals surface area contributed by atoms with Crippen LogP contribution in [0.25, 0.3) is 10.8 Å². The number of benzene rings is 3. The fourth-order valence-corrected chi connectivity index (χ4v) is 4.95. The molecule has 37 heavy (non-hydrogen) atoms. The molecular weight excluding hydrogens is 492 g/mol. The molecule has 1 saturated heterocycles. The van der Waals surface area contributed by atoms with Crippen molar-refractivity contribution in [3.05, 3.63) is 95.0 Å². The quantitative estimate of drug-likeness (QED) is 0.285. The van der Waals surface area contributed by atoms with Gasteiger partial charge in [-0.15, -0.1) is 11.3 Å². The number of carbonyl (C=O) groups is 4. The van der Waals surface area contributed by atoms with E-state index in [1.807, 2.05) is 48.5 Å². The molecule has 0 radical (unpaired) electrons. The number of imide groups is 1. The first-order valence-electron chi connectivity index (χ1n) is 11.5. The number of ether oxygens (including phenoxy) is 1. The van der Waals surface area contributed by atoms with Gasteiger partial charge in [0, 0.05) is 11.8 Å². The summed E-state index contributed by atoms with van der Waals surface area (Å²) in [5.74, 6) is -1.76. The number of thiazole rings is 1. The molecule has 0 saturated carbocycles. The molecular formula is C27H22N4O5S. The number of hydrogen-bond acceptors (Lipinski definition) is 7. The van der Waals surface area contributed by atoms with Gasteiger partial charge in [-0.1, -0.05) is 72.8 Å². The lowest BCUT2D eigenvalue weighted by atomic mass is 9.99. The molecule has 2 atom stereocenters. The van der Waals surface area contributed by atoms with Crippen LogP contribution < -0.4 is 10.6 Å². The van der Waals surface area contributed by atoms with Gasteiger partial charge in [0.25, 0.3) is 5.91 Å². The molecule has 186 valence electrons. The van der Waals surface area contributed by atoms with Crippen LogP contribution in [0.4, 0.5) is 9.93 Å². The number of amides is 4. The lowest BCUT2D eigenvalue weighted by Gasteiger charge is -2.24. The van der Waals surface area contributed by atoms with Crippen molar-refractivity contribution >= 4 is 51.1 Å². The molecule has 4 aromatic rings. The molecule has 10 heteroatoms. The molecule has 0 bridgehead atoms. The van der Waals surface area contributed by atoms with E-state index in [0.717, 1.165) is 32.6 Å². The van der Waals surface area contributed by atoms with Crippen molar-refractivity contribution < 1.29 is 23.9 Å². The van der Waals surface area contributed by atoms with Crippen LogP contribution in [0.1, 0.15) is 27.7 Å². The maximum Gasteiger partial charge on any atom is 0.357 e. The van der Waals surface area contributed by atoms with Crippen molar-refractivity contribution in [1.82, 2.24) is 15.2 Å². The SMILES string of the molecule is COC(=O)c1csc(NC(=O)C(Cc2ccc3ccccc3c2)N2C(=O)NC(c3ccccc3)C2=O)n1. The van der Waals surface area contributed by atoms with Gasteiger partial charge in [-0.05, 0) is 21.9 Å². The van der Waals surface area contributed by atoms with Crippen LogP contribution in [0, 0.1) is 0 Å². The summed E-state index contributed by atoms with van der Waals surface area (Å²) >= 11 is 1.04. The van der Waals surface area contributed by atoms with Gasteiger partial charge in [-0.25, -0.2) is 19.5 Å². The number of nitrogens with zero attached hydrogens (tertiary/aromatic N) is 2. The molecule has 0 spiro atoms. The molecule has 1 fully saturated rings. The van der Waals surface area contributed by atoms with Crippen LogP contribution in [0.3, 0.4) is 0 Å². The Labute approximate surface area is 216 Å². The average Bonchev–Trinajstić information content (AvgIpc) is 3.51. The van der Waals surface area contributed by atoms with Gasteiger partial charge in [0.15, 0.2) is 10.8 Å². The van der Waals surface area contributed by atoms with E-state index in [4.69, 9.17) is 0 Å². The number of nitrogens with one attached hydrogen (secondary N) is 2. The van der Waals surface area contributed by atoms with Gasteiger partial charge < -0.3 is 15.4 Å². The summed E-state index contributed by atoms with van der Waals surface area (Å²) in [7, 11) is 1.24. The fraction of sp³-hybridized carbons (Fsp3) is 0.148. The van der Waals surface area contributed by atoms with Crippen molar-refractivity contribution in [1.29, 1.82) is 0 Å². The topological polar surface area (TPSA) is 118 Å². The Morgan fingerprint density at radius 2 is 1.78 bits per heavy atom. The largest absolute Gasteiger partial charge is 0.464 e. The maximum absolute atomic E-state index is 13.5. The van der Waals surface area contributed by atoms with E-state index in [1.54, 1.807) is 24.3 Å². The molecule has 0 aliphatic carbocycles. The average molecular weight is 515 g/mol. The normalized spacial score (nSPS) is 15.9. The summed E-state index contributed by atoms with van der Waals surface area (Å²) in [5.41, 5.74) is 1.45. The fourth-order valence-electron chi connectivity index (χ4n) is 4.27. The number of rotatable bonds is 7. The smallest absolute Gasteiger partial charge is 0.357 e. The zero-order chi connectivity index (χ0) is 25.9. The molecule has 3 aromatic carbocycles. The van der Waals surface area contributed by atoms with Gasteiger partial charge in [0.1, 0.15) is 12.1 Å². The Hall–Kier alpha value is -4.57. The Morgan fingerprint density at radius 1 is 1.05 bits per heavy atom. The highest BCUT2D eigenvalue weighted by atomic mass is 32.1. The van der Waals surface area contributed by atoms with Gasteiger partial charge >= 0.3 is 12.0 Å². The van der Waals surface area contributed by atoms with Crippen molar-refractivity contribution in [2.45, 2.75) is 18.5 Å². The molecule has 4 amide bonds. The van der Waals surface area contributed by atoms with Crippen molar-refractivity contribution in [3.8, 4) is 0 Å². The minimum atomic E-state index is -1.16. The maximum atomic E-state index is 13.5. The second-order valence-electron chi connectivity index (χ2n) is 8.42. The van der Waals surface area contributed by atoms with Crippen molar-refractivity contribution in [3.63, 3.8) is 0 Å². The van der Waals surface area contributed by atoms with Gasteiger partial charge in [-0.2, -0.15) is 0 Å². The first kappa shape index (κ1) is 24.1. The van der Waals surface area contributed by atoms with Crippen LogP contribution in [-0.4, -0.2) is 46.9 Å². The predicted molar refractivity (Wildman–Crippen MR) is 138 cm³/mol. The first-order chi connectivity index (χ1) is 17.9. The number of hydrogen-bond donors (Lipinski definition) is 2. The summed E-state index contributed by atoms with van der Waals surface area (Å²) in [6.45, 7) is 0. The lowest BCUT2D eigenvalue weighted by molar-refractivity contribution is -0.134. The van der Waals surface area contributed by atoms with E-state index in [1.165, 1.54) is 12.5 Å². The minimum absolute atomic E-state index is 0.0491. The second kappa shape index (κ2) is 10.2. The van der Waals surface area contributed by atoms with E-state index in [2.05, 4.69) is 20.4 Å². The van der Waals surface area contributed by atoms with Crippen LogP contribution in [0.15, 0.2) is 78.2 Å². The van der Waals surface area contributed by atoms with E-state index < -0.39 is 35.9 Å². The molecule has 2 unspecified atom stereocenters. The van der Waals surface area contributed by atoms with E-state index in [9.17, 15) is 19.2 Å². The third-order valence-corrected chi connectivity index (χ3v) is 6.85. The molecule has 1 aromatic heterocycles. The highest BCUT2D eigenvalue weighted by Gasteiger charge is 2.45. The van der Waals surface area contributed by atoms with Crippen molar-refractivity contribution in [2.75, 3.05) is 12.4 Å². The summed E-state index contributed by atoms with van der Waals surface area (Å²) < 4.78 is 4.67. The van der Waals surface area contributed by atoms with Crippen LogP contribution >= 0.6 is 11.3 Å². The Bertz CT molecular complexity index is 1500. The molecule has 9 nitrogen and oxygen atoms in total. The zero-order valence-corrected chi connectivity index (χ0v) is 20.5. The summed E-state index contributed by atoms with van der Waals surface area (Å²) in [5, 5.41) is 8.97. The second-order valence-corrected chi connectivity index (χ2v) is 9.28. The number of anilines is 1. The summed E-state index contributed by atoms with van der Waals surface area (Å²) in [6, 6.07) is 19.7. The minimum Gasteiger partial charge on any atom is -0.464 e. The highest BCUT2D eigenvalue weighted by molar-refractivity contribution is 7.14. The standard InChI is InChI=1S/C27H22N4O5S/c1-36-25(34)20-15-37-26(28-20)30-23(32)21(14-16-11-12-17-7-5-6-10-19(17)13-16)31-24(33)22(29-27(31)35)18-8-3-2-4-9-18/h2-13,15,21-22H,14H2,1H3,(H,29,35)(H,28,30,32). The number of urea groups is 1. The lowest BCUT2D eigenvalue weighted by Crippen LogP contribution is -2.49. The Kier molecular flexibility index (Phi) is 6.65. The summed E-state index contributed by atoms with van der Waals surface area (Å²) in [6.07, 6.45) is 0.0899. The van der Waals surface area contributed by atoms with Crippen LogP contribution in [0.5, 0.6) is 0 Å². The van der Waals surface area contributed by atoms with Gasteiger partial charge in [-0.3, -0.25) is 9.59 Å². The molecule has 2 heterocycles. The van der Waals surface area contributed by atoms with Gasteiger partial charge in [0.2, 0.25) is 5.91 Å². The molecule has 1 aliphatic rings. The van der Waals surface area contributed by atoms with Gasteiger partial charge in [0.05, 0.1) is 7.11 Å². The number of esters is 1. The third kappa shape index (κ3) is 4.91. The number of aromatic nitrogens is 1. The van der Waals surface area contributed by atoms with Crippen molar-refractivity contribution in [2.24, 2.45) is 0 Å². The third-order valence-electron chi connectivity index (χ3n) is 6.09. The first-order valence-corrected chi connectivity index (χ1v) is 12.3. The Balaban J connectivity index is 1.46. The summed E-state index contributed by atoms with van der Waals surface area (Å²) in [4.78, 5) is 56.8. The van der Waals surface area contributed by atoms with E-state index in [0.29, 0.717) is 5.56 Å². The number of carbonyl (C=O) groups excluding carboxylic acids is 4. The van der Waals surface area contributed by atoms with E-state index in [-0.39, 0.29) is 17.2 Å². The molecule has 2 N–H and O–H groups in total. The van der Waals surface area contributed by atoms with Crippen LogP contribution in [0.2, 0.25) is 0 Å². The van der Waals surface area contributed by atoms with Crippen LogP contribution in [-0.2, 0) is 20.7 Å².